The summed E-state index contributed by atoms with van der Waals surface area (Å²) in [4.78, 5) is 23.6. The Balaban J connectivity index is 1.97. The molecule has 0 radical (unpaired) electrons. The number of hydrogen-bond donors (Lipinski definition) is 2. The highest BCUT2D eigenvalue weighted by atomic mass is 79.9. The lowest BCUT2D eigenvalue weighted by atomic mass is 10.1. The molecule has 1 aliphatic rings. The molecule has 0 bridgehead atoms. The van der Waals surface area contributed by atoms with E-state index in [0.717, 1.165) is 12.8 Å². The maximum atomic E-state index is 11.8. The SMILES string of the molecule is CC(C)(Br)C(=O)Nc1ccc(C(=O)NC2CC2)cc1. The minimum atomic E-state index is -0.616. The van der Waals surface area contributed by atoms with E-state index in [-0.39, 0.29) is 11.8 Å². The zero-order chi connectivity index (χ0) is 14.0. The Morgan fingerprint density at radius 3 is 2.26 bits per heavy atom. The molecule has 2 rings (SSSR count). The average molecular weight is 325 g/mol. The van der Waals surface area contributed by atoms with E-state index in [1.807, 2.05) is 0 Å². The number of amides is 2. The molecule has 1 aromatic carbocycles. The Kier molecular flexibility index (Phi) is 3.94. The first-order valence-corrected chi connectivity index (χ1v) is 7.07. The summed E-state index contributed by atoms with van der Waals surface area (Å²) in [6, 6.07) is 7.25. The van der Waals surface area contributed by atoms with Crippen LogP contribution in [0.4, 0.5) is 5.69 Å². The molecule has 0 heterocycles. The van der Waals surface area contributed by atoms with Crippen molar-refractivity contribution in [3.63, 3.8) is 0 Å². The molecule has 2 N–H and O–H groups in total. The van der Waals surface area contributed by atoms with Gasteiger partial charge in [-0.3, -0.25) is 9.59 Å². The highest BCUT2D eigenvalue weighted by Crippen LogP contribution is 2.21. The largest absolute Gasteiger partial charge is 0.349 e. The maximum absolute atomic E-state index is 11.8. The Morgan fingerprint density at radius 1 is 1.21 bits per heavy atom. The molecule has 0 unspecified atom stereocenters. The number of nitrogens with one attached hydrogen (secondary N) is 2. The Morgan fingerprint density at radius 2 is 1.79 bits per heavy atom. The van der Waals surface area contributed by atoms with Crippen LogP contribution in [0.1, 0.15) is 37.0 Å². The molecule has 0 aliphatic heterocycles. The van der Waals surface area contributed by atoms with Crippen molar-refractivity contribution in [2.45, 2.75) is 37.1 Å². The van der Waals surface area contributed by atoms with Crippen LogP contribution in [-0.2, 0) is 4.79 Å². The summed E-state index contributed by atoms with van der Waals surface area (Å²) < 4.78 is -0.616. The van der Waals surface area contributed by atoms with Crippen molar-refractivity contribution in [2.24, 2.45) is 0 Å². The molecule has 5 heteroatoms. The third-order valence-corrected chi connectivity index (χ3v) is 3.22. The fourth-order valence-electron chi connectivity index (χ4n) is 1.48. The molecule has 1 saturated carbocycles. The first kappa shape index (κ1) is 14.1. The molecule has 19 heavy (non-hydrogen) atoms. The van der Waals surface area contributed by atoms with Gasteiger partial charge in [-0.2, -0.15) is 0 Å². The van der Waals surface area contributed by atoms with Gasteiger partial charge in [0.15, 0.2) is 0 Å². The van der Waals surface area contributed by atoms with E-state index in [9.17, 15) is 9.59 Å². The van der Waals surface area contributed by atoms with Crippen molar-refractivity contribution in [2.75, 3.05) is 5.32 Å². The highest BCUT2D eigenvalue weighted by Gasteiger charge is 2.24. The number of halogens is 1. The number of anilines is 1. The summed E-state index contributed by atoms with van der Waals surface area (Å²) in [5.41, 5.74) is 1.29. The molecule has 0 aromatic heterocycles. The van der Waals surface area contributed by atoms with Gasteiger partial charge in [-0.1, -0.05) is 15.9 Å². The van der Waals surface area contributed by atoms with Crippen molar-refractivity contribution in [3.05, 3.63) is 29.8 Å². The van der Waals surface area contributed by atoms with Gasteiger partial charge in [0, 0.05) is 17.3 Å². The highest BCUT2D eigenvalue weighted by molar-refractivity contribution is 9.10. The molecule has 102 valence electrons. The number of alkyl halides is 1. The molecular formula is C14H17BrN2O2. The van der Waals surface area contributed by atoms with Gasteiger partial charge in [0.05, 0.1) is 4.32 Å². The number of carbonyl (C=O) groups is 2. The van der Waals surface area contributed by atoms with Gasteiger partial charge in [0.2, 0.25) is 5.91 Å². The molecule has 0 atom stereocenters. The standard InChI is InChI=1S/C14H17BrN2O2/c1-14(2,15)13(19)17-11-5-3-9(4-6-11)12(18)16-10-7-8-10/h3-6,10H,7-8H2,1-2H3,(H,16,18)(H,17,19). The van der Waals surface area contributed by atoms with Gasteiger partial charge in [0.1, 0.15) is 0 Å². The van der Waals surface area contributed by atoms with Crippen LogP contribution < -0.4 is 10.6 Å². The Hall–Kier alpha value is -1.36. The molecule has 1 fully saturated rings. The number of benzene rings is 1. The molecule has 0 spiro atoms. The van der Waals surface area contributed by atoms with Crippen LogP contribution >= 0.6 is 15.9 Å². The fraction of sp³-hybridized carbons (Fsp3) is 0.429. The van der Waals surface area contributed by atoms with Crippen molar-refractivity contribution >= 4 is 33.4 Å². The molecular weight excluding hydrogens is 308 g/mol. The average Bonchev–Trinajstić information content (AvgIpc) is 3.12. The first-order valence-electron chi connectivity index (χ1n) is 6.27. The number of hydrogen-bond acceptors (Lipinski definition) is 2. The smallest absolute Gasteiger partial charge is 0.251 e. The lowest BCUT2D eigenvalue weighted by Crippen LogP contribution is -2.31. The summed E-state index contributed by atoms with van der Waals surface area (Å²) in [6.07, 6.45) is 2.14. The Labute approximate surface area is 121 Å². The van der Waals surface area contributed by atoms with E-state index in [4.69, 9.17) is 0 Å². The number of carbonyl (C=O) groups excluding carboxylic acids is 2. The summed E-state index contributed by atoms with van der Waals surface area (Å²) in [6.45, 7) is 3.56. The summed E-state index contributed by atoms with van der Waals surface area (Å²) in [5, 5.41) is 5.70. The summed E-state index contributed by atoms with van der Waals surface area (Å²) >= 11 is 3.30. The number of rotatable bonds is 4. The lowest BCUT2D eigenvalue weighted by molar-refractivity contribution is -0.117. The topological polar surface area (TPSA) is 58.2 Å². The van der Waals surface area contributed by atoms with E-state index >= 15 is 0 Å². The van der Waals surface area contributed by atoms with E-state index in [2.05, 4.69) is 26.6 Å². The van der Waals surface area contributed by atoms with Crippen LogP contribution in [0.15, 0.2) is 24.3 Å². The zero-order valence-electron chi connectivity index (χ0n) is 11.0. The monoisotopic (exact) mass is 324 g/mol. The van der Waals surface area contributed by atoms with Crippen LogP contribution in [-0.4, -0.2) is 22.2 Å². The molecule has 4 nitrogen and oxygen atoms in total. The fourth-order valence-corrected chi connectivity index (χ4v) is 1.58. The Bertz CT molecular complexity index is 487. The van der Waals surface area contributed by atoms with Crippen LogP contribution in [0.5, 0.6) is 0 Å². The van der Waals surface area contributed by atoms with Crippen LogP contribution in [0.3, 0.4) is 0 Å². The predicted molar refractivity (Wildman–Crippen MR) is 78.6 cm³/mol. The van der Waals surface area contributed by atoms with Gasteiger partial charge in [-0.25, -0.2) is 0 Å². The second kappa shape index (κ2) is 5.33. The summed E-state index contributed by atoms with van der Waals surface area (Å²) in [5.74, 6) is -0.177. The van der Waals surface area contributed by atoms with Crippen LogP contribution in [0.25, 0.3) is 0 Å². The predicted octanol–water partition coefficient (Wildman–Crippen LogP) is 2.69. The molecule has 1 aromatic rings. The van der Waals surface area contributed by atoms with Gasteiger partial charge in [-0.15, -0.1) is 0 Å². The van der Waals surface area contributed by atoms with Gasteiger partial charge < -0.3 is 10.6 Å². The van der Waals surface area contributed by atoms with Crippen LogP contribution in [0, 0.1) is 0 Å². The zero-order valence-corrected chi connectivity index (χ0v) is 12.6. The minimum Gasteiger partial charge on any atom is -0.349 e. The molecule has 2 amide bonds. The van der Waals surface area contributed by atoms with Crippen molar-refractivity contribution in [3.8, 4) is 0 Å². The van der Waals surface area contributed by atoms with Crippen molar-refractivity contribution in [1.29, 1.82) is 0 Å². The summed E-state index contributed by atoms with van der Waals surface area (Å²) in [7, 11) is 0. The van der Waals surface area contributed by atoms with Crippen molar-refractivity contribution < 1.29 is 9.59 Å². The third-order valence-electron chi connectivity index (χ3n) is 2.86. The van der Waals surface area contributed by atoms with E-state index in [1.165, 1.54) is 0 Å². The minimum absolute atomic E-state index is 0.0544. The first-order chi connectivity index (χ1) is 8.86. The second-order valence-corrected chi connectivity index (χ2v) is 7.23. The van der Waals surface area contributed by atoms with Crippen molar-refractivity contribution in [1.82, 2.24) is 5.32 Å². The van der Waals surface area contributed by atoms with Gasteiger partial charge in [0.25, 0.3) is 5.91 Å². The molecule has 0 saturated heterocycles. The molecule has 1 aliphatic carbocycles. The lowest BCUT2D eigenvalue weighted by Gasteiger charge is -2.15. The van der Waals surface area contributed by atoms with E-state index in [0.29, 0.717) is 17.3 Å². The second-order valence-electron chi connectivity index (χ2n) is 5.25. The normalized spacial score (nSPS) is 14.9. The van der Waals surface area contributed by atoms with E-state index < -0.39 is 4.32 Å². The quantitative estimate of drug-likeness (QED) is 0.836. The maximum Gasteiger partial charge on any atom is 0.251 e. The third kappa shape index (κ3) is 4.06. The van der Waals surface area contributed by atoms with Gasteiger partial charge in [-0.05, 0) is 51.0 Å². The van der Waals surface area contributed by atoms with E-state index in [1.54, 1.807) is 38.1 Å². The van der Waals surface area contributed by atoms with Crippen LogP contribution in [0.2, 0.25) is 0 Å². The van der Waals surface area contributed by atoms with Gasteiger partial charge >= 0.3 is 0 Å².